The lowest BCUT2D eigenvalue weighted by Crippen LogP contribution is -2.76. The number of benzene rings is 2. The molecule has 2 aromatic rings. The van der Waals surface area contributed by atoms with Gasteiger partial charge in [-0.25, -0.2) is 14.8 Å². The Bertz CT molecular complexity index is 1170. The fourth-order valence-electron chi connectivity index (χ4n) is 5.16. The molecule has 4 rings (SSSR count). The highest BCUT2D eigenvalue weighted by Crippen LogP contribution is 2.28. The second-order valence-electron chi connectivity index (χ2n) is 9.77. The summed E-state index contributed by atoms with van der Waals surface area (Å²) in [5, 5.41) is 15.2. The van der Waals surface area contributed by atoms with Gasteiger partial charge in [0.25, 0.3) is 0 Å². The number of carboxylic acid groups (broad SMARTS) is 1. The van der Waals surface area contributed by atoms with Gasteiger partial charge in [0.2, 0.25) is 11.8 Å². The minimum Gasteiger partial charge on any atom is -0.497 e. The number of carbonyl (C=O) groups is 4. The molecule has 2 atom stereocenters. The minimum absolute atomic E-state index is 0.0172. The van der Waals surface area contributed by atoms with Gasteiger partial charge in [-0.3, -0.25) is 14.4 Å². The number of amides is 4. The third-order valence-corrected chi connectivity index (χ3v) is 7.12. The van der Waals surface area contributed by atoms with E-state index in [1.165, 1.54) is 9.91 Å². The number of likely N-dealkylation sites (N-methyl/N-ethyl adjacent to an activating group) is 1. The number of aryl methyl sites for hydroxylation is 1. The van der Waals surface area contributed by atoms with Gasteiger partial charge >= 0.3 is 12.0 Å². The molecule has 39 heavy (non-hydrogen) atoms. The molecule has 0 bridgehead atoms. The standard InChI is InChI=1S/C28H35N5O6/c1-30-19-25(34)32-23(14-15-26(35)36)27(37)31(16-6-9-20-7-4-3-5-8-20)18-24(32)33(30)28(38)29-17-21-10-12-22(39-2)13-11-21/h3-5,7-8,10-13,23-24H,6,9,14-19H2,1-2H3,(H,29,38)(H,35,36)/t23-,24-/m0/s1. The van der Waals surface area contributed by atoms with E-state index in [0.717, 1.165) is 17.5 Å². The van der Waals surface area contributed by atoms with E-state index in [0.29, 0.717) is 18.7 Å². The molecule has 0 unspecified atom stereocenters. The van der Waals surface area contributed by atoms with Crippen molar-refractivity contribution in [2.45, 2.75) is 44.4 Å². The predicted molar refractivity (Wildman–Crippen MR) is 142 cm³/mol. The van der Waals surface area contributed by atoms with Crippen LogP contribution in [-0.2, 0) is 27.3 Å². The normalized spacial score (nSPS) is 19.6. The number of hydrogen-bond acceptors (Lipinski definition) is 6. The maximum atomic E-state index is 13.5. The Morgan fingerprint density at radius 1 is 1.05 bits per heavy atom. The third-order valence-electron chi connectivity index (χ3n) is 7.12. The Morgan fingerprint density at radius 2 is 1.77 bits per heavy atom. The second-order valence-corrected chi connectivity index (χ2v) is 9.77. The molecule has 2 fully saturated rings. The van der Waals surface area contributed by atoms with Crippen molar-refractivity contribution in [3.8, 4) is 5.75 Å². The highest BCUT2D eigenvalue weighted by Gasteiger charge is 2.50. The lowest BCUT2D eigenvalue weighted by molar-refractivity contribution is -0.187. The predicted octanol–water partition coefficient (Wildman–Crippen LogP) is 1.93. The van der Waals surface area contributed by atoms with Crippen LogP contribution in [0.4, 0.5) is 4.79 Å². The first-order valence-electron chi connectivity index (χ1n) is 13.0. The molecule has 0 radical (unpaired) electrons. The number of piperazine rings is 1. The van der Waals surface area contributed by atoms with Crippen LogP contribution in [0.5, 0.6) is 5.75 Å². The number of fused-ring (bicyclic) bond motifs is 1. The van der Waals surface area contributed by atoms with Crippen LogP contribution >= 0.6 is 0 Å². The molecular formula is C28H35N5O6. The van der Waals surface area contributed by atoms with Gasteiger partial charge in [-0.2, -0.15) is 0 Å². The molecule has 0 spiro atoms. The number of hydrogen-bond donors (Lipinski definition) is 2. The second kappa shape index (κ2) is 12.6. The number of hydrazine groups is 1. The van der Waals surface area contributed by atoms with Gasteiger partial charge in [-0.1, -0.05) is 42.5 Å². The highest BCUT2D eigenvalue weighted by atomic mass is 16.5. The van der Waals surface area contributed by atoms with Gasteiger partial charge in [0.15, 0.2) is 0 Å². The first-order valence-corrected chi connectivity index (χ1v) is 13.0. The fraction of sp³-hybridized carbons (Fsp3) is 0.429. The molecule has 11 nitrogen and oxygen atoms in total. The molecule has 2 saturated heterocycles. The zero-order chi connectivity index (χ0) is 27.9. The van der Waals surface area contributed by atoms with Crippen LogP contribution in [0, 0.1) is 0 Å². The lowest BCUT2D eigenvalue weighted by atomic mass is 10.0. The van der Waals surface area contributed by atoms with E-state index >= 15 is 0 Å². The smallest absolute Gasteiger partial charge is 0.334 e. The largest absolute Gasteiger partial charge is 0.497 e. The Hall–Kier alpha value is -4.12. The number of methoxy groups -OCH3 is 1. The van der Waals surface area contributed by atoms with E-state index in [1.807, 2.05) is 54.6 Å². The van der Waals surface area contributed by atoms with Crippen LogP contribution in [0.3, 0.4) is 0 Å². The van der Waals surface area contributed by atoms with Crippen LogP contribution < -0.4 is 10.1 Å². The average Bonchev–Trinajstić information content (AvgIpc) is 2.92. The summed E-state index contributed by atoms with van der Waals surface area (Å²) in [5.41, 5.74) is 2.02. The number of carbonyl (C=O) groups excluding carboxylic acids is 3. The zero-order valence-electron chi connectivity index (χ0n) is 22.3. The molecule has 0 saturated carbocycles. The topological polar surface area (TPSA) is 123 Å². The van der Waals surface area contributed by atoms with Gasteiger partial charge in [-0.05, 0) is 42.5 Å². The summed E-state index contributed by atoms with van der Waals surface area (Å²) >= 11 is 0. The monoisotopic (exact) mass is 537 g/mol. The maximum absolute atomic E-state index is 13.5. The molecule has 2 N–H and O–H groups in total. The van der Waals surface area contributed by atoms with Crippen molar-refractivity contribution in [1.82, 2.24) is 25.1 Å². The lowest BCUT2D eigenvalue weighted by Gasteiger charge is -2.54. The first kappa shape index (κ1) is 27.9. The number of nitrogens with zero attached hydrogens (tertiary/aromatic N) is 4. The Labute approximate surface area is 227 Å². The van der Waals surface area contributed by atoms with Crippen molar-refractivity contribution in [3.63, 3.8) is 0 Å². The molecule has 2 heterocycles. The van der Waals surface area contributed by atoms with Crippen molar-refractivity contribution < 1.29 is 29.0 Å². The van der Waals surface area contributed by atoms with E-state index < -0.39 is 24.2 Å². The molecule has 0 aromatic heterocycles. The maximum Gasteiger partial charge on any atom is 0.334 e. The highest BCUT2D eigenvalue weighted by molar-refractivity contribution is 5.91. The number of nitrogens with one attached hydrogen (secondary N) is 1. The van der Waals surface area contributed by atoms with Crippen LogP contribution in [-0.4, -0.2) is 94.7 Å². The van der Waals surface area contributed by atoms with Gasteiger partial charge in [0.05, 0.1) is 20.2 Å². The van der Waals surface area contributed by atoms with Crippen molar-refractivity contribution in [1.29, 1.82) is 0 Å². The SMILES string of the molecule is COc1ccc(CNC(=O)N2[C@H]3CN(CCCc4ccccc4)C(=O)[C@H](CCC(=O)O)N3C(=O)CN2C)cc1. The summed E-state index contributed by atoms with van der Waals surface area (Å²) < 4.78 is 5.18. The Morgan fingerprint density at radius 3 is 2.44 bits per heavy atom. The zero-order valence-corrected chi connectivity index (χ0v) is 22.3. The Balaban J connectivity index is 1.52. The molecule has 2 aliphatic heterocycles. The van der Waals surface area contributed by atoms with Gasteiger partial charge in [-0.15, -0.1) is 0 Å². The minimum atomic E-state index is -1.05. The summed E-state index contributed by atoms with van der Waals surface area (Å²) in [6.07, 6.45) is 0.437. The van der Waals surface area contributed by atoms with Gasteiger partial charge < -0.3 is 25.0 Å². The average molecular weight is 538 g/mol. The fourth-order valence-corrected chi connectivity index (χ4v) is 5.16. The van der Waals surface area contributed by atoms with Crippen LogP contribution in [0.25, 0.3) is 0 Å². The Kier molecular flexibility index (Phi) is 9.03. The van der Waals surface area contributed by atoms with Gasteiger partial charge in [0, 0.05) is 26.6 Å². The molecule has 4 amide bonds. The molecular weight excluding hydrogens is 502 g/mol. The summed E-state index contributed by atoms with van der Waals surface area (Å²) in [7, 11) is 3.24. The van der Waals surface area contributed by atoms with E-state index in [9.17, 15) is 24.3 Å². The first-order chi connectivity index (χ1) is 18.8. The number of ether oxygens (including phenoxy) is 1. The van der Waals surface area contributed by atoms with Crippen molar-refractivity contribution >= 4 is 23.8 Å². The van der Waals surface area contributed by atoms with Crippen molar-refractivity contribution in [2.24, 2.45) is 0 Å². The van der Waals surface area contributed by atoms with Crippen molar-refractivity contribution in [2.75, 3.05) is 33.8 Å². The molecule has 2 aliphatic rings. The van der Waals surface area contributed by atoms with Gasteiger partial charge in [0.1, 0.15) is 18.0 Å². The third kappa shape index (κ3) is 6.66. The van der Waals surface area contributed by atoms with Crippen LogP contribution in [0.1, 0.15) is 30.4 Å². The molecule has 208 valence electrons. The van der Waals surface area contributed by atoms with E-state index in [2.05, 4.69) is 5.32 Å². The molecule has 2 aromatic carbocycles. The number of aliphatic carboxylic acids is 1. The number of carboxylic acids is 1. The van der Waals surface area contributed by atoms with E-state index in [4.69, 9.17) is 4.74 Å². The molecule has 11 heteroatoms. The van der Waals surface area contributed by atoms with E-state index in [1.54, 1.807) is 24.1 Å². The summed E-state index contributed by atoms with van der Waals surface area (Å²) in [6.45, 7) is 0.734. The summed E-state index contributed by atoms with van der Waals surface area (Å²) in [6, 6.07) is 15.9. The summed E-state index contributed by atoms with van der Waals surface area (Å²) in [4.78, 5) is 54.5. The van der Waals surface area contributed by atoms with Crippen LogP contribution in [0.15, 0.2) is 54.6 Å². The summed E-state index contributed by atoms with van der Waals surface area (Å²) in [5.74, 6) is -0.927. The quantitative estimate of drug-likeness (QED) is 0.475. The van der Waals surface area contributed by atoms with E-state index in [-0.39, 0.29) is 44.3 Å². The van der Waals surface area contributed by atoms with Crippen LogP contribution in [0.2, 0.25) is 0 Å². The molecule has 0 aliphatic carbocycles. The van der Waals surface area contributed by atoms with Crippen molar-refractivity contribution in [3.05, 3.63) is 65.7 Å². The number of rotatable bonds is 10. The number of urea groups is 1.